The molecule has 5 nitrogen and oxygen atoms in total. The first-order valence-corrected chi connectivity index (χ1v) is 6.05. The molecule has 0 bridgehead atoms. The van der Waals surface area contributed by atoms with Gasteiger partial charge in [0.25, 0.3) is 0 Å². The molecule has 0 spiro atoms. The molecule has 5 heteroatoms. The third-order valence-corrected chi connectivity index (χ3v) is 3.76. The van der Waals surface area contributed by atoms with Crippen LogP contribution < -0.4 is 4.90 Å². The zero-order valence-corrected chi connectivity index (χ0v) is 10.5. The Hall–Kier alpha value is -1.91. The summed E-state index contributed by atoms with van der Waals surface area (Å²) in [5.41, 5.74) is 0.940. The number of carbonyl (C=O) groups is 2. The summed E-state index contributed by atoms with van der Waals surface area (Å²) in [6, 6.07) is 1.82. The molecule has 18 heavy (non-hydrogen) atoms. The first-order chi connectivity index (χ1) is 8.56. The molecule has 1 N–H and O–H groups in total. The number of aromatic nitrogens is 1. The van der Waals surface area contributed by atoms with Crippen LogP contribution in [0.5, 0.6) is 0 Å². The van der Waals surface area contributed by atoms with Crippen molar-refractivity contribution in [3.63, 3.8) is 0 Å². The number of pyridine rings is 1. The van der Waals surface area contributed by atoms with Crippen LogP contribution in [0.3, 0.4) is 0 Å². The largest absolute Gasteiger partial charge is 0.480 e. The molecule has 2 rings (SSSR count). The summed E-state index contributed by atoms with van der Waals surface area (Å²) in [4.78, 5) is 28.7. The van der Waals surface area contributed by atoms with Crippen LogP contribution in [0, 0.1) is 0 Å². The molecule has 0 fully saturated rings. The molecule has 0 aromatic carbocycles. The van der Waals surface area contributed by atoms with Gasteiger partial charge < -0.3 is 5.11 Å². The number of hydrogen-bond donors (Lipinski definition) is 1. The molecule has 1 amide bonds. The summed E-state index contributed by atoms with van der Waals surface area (Å²) in [5.74, 6) is -1.14. The van der Waals surface area contributed by atoms with E-state index in [4.69, 9.17) is 5.11 Å². The summed E-state index contributed by atoms with van der Waals surface area (Å²) in [6.45, 7) is 3.60. The average molecular weight is 248 g/mol. The number of anilines is 1. The smallest absolute Gasteiger partial charge is 0.323 e. The van der Waals surface area contributed by atoms with Crippen LogP contribution in [-0.4, -0.2) is 28.5 Å². The highest BCUT2D eigenvalue weighted by atomic mass is 16.4. The Morgan fingerprint density at radius 1 is 1.44 bits per heavy atom. The highest BCUT2D eigenvalue weighted by molar-refractivity contribution is 6.09. The van der Waals surface area contributed by atoms with E-state index in [0.717, 1.165) is 5.56 Å². The van der Waals surface area contributed by atoms with Crippen LogP contribution in [-0.2, 0) is 15.0 Å². The second-order valence-corrected chi connectivity index (χ2v) is 4.47. The topological polar surface area (TPSA) is 70.5 Å². The fourth-order valence-corrected chi connectivity index (χ4v) is 2.71. The Kier molecular flexibility index (Phi) is 3.07. The van der Waals surface area contributed by atoms with E-state index in [2.05, 4.69) is 4.98 Å². The number of nitrogens with zero attached hydrogens (tertiary/aromatic N) is 2. The van der Waals surface area contributed by atoms with Crippen LogP contribution >= 0.6 is 0 Å². The highest BCUT2D eigenvalue weighted by Gasteiger charge is 2.48. The standard InChI is InChI=1S/C13H16N2O3/c1-3-13(4-2)9-5-6-14-7-10(9)15(12(13)18)8-11(16)17/h5-7H,3-4,8H2,1-2H3,(H,16,17). The maximum absolute atomic E-state index is 12.5. The van der Waals surface area contributed by atoms with E-state index in [1.807, 2.05) is 19.9 Å². The van der Waals surface area contributed by atoms with Gasteiger partial charge in [0.05, 0.1) is 17.3 Å². The summed E-state index contributed by atoms with van der Waals surface area (Å²) >= 11 is 0. The summed E-state index contributed by atoms with van der Waals surface area (Å²) in [5, 5.41) is 8.92. The number of fused-ring (bicyclic) bond motifs is 1. The van der Waals surface area contributed by atoms with Crippen LogP contribution in [0.1, 0.15) is 32.3 Å². The van der Waals surface area contributed by atoms with Crippen molar-refractivity contribution in [3.05, 3.63) is 24.0 Å². The fraction of sp³-hybridized carbons (Fsp3) is 0.462. The first-order valence-electron chi connectivity index (χ1n) is 6.05. The Morgan fingerprint density at radius 3 is 2.67 bits per heavy atom. The van der Waals surface area contributed by atoms with E-state index in [1.165, 1.54) is 4.90 Å². The third kappa shape index (κ3) is 1.58. The van der Waals surface area contributed by atoms with Gasteiger partial charge in [-0.3, -0.25) is 19.5 Å². The molecular formula is C13H16N2O3. The van der Waals surface area contributed by atoms with Gasteiger partial charge in [0.15, 0.2) is 0 Å². The van der Waals surface area contributed by atoms with Gasteiger partial charge in [0.1, 0.15) is 6.54 Å². The maximum atomic E-state index is 12.5. The van der Waals surface area contributed by atoms with Crippen molar-refractivity contribution in [1.29, 1.82) is 0 Å². The Labute approximate surface area is 105 Å². The van der Waals surface area contributed by atoms with Gasteiger partial charge in [-0.15, -0.1) is 0 Å². The van der Waals surface area contributed by atoms with Crippen LogP contribution in [0.25, 0.3) is 0 Å². The molecule has 0 atom stereocenters. The predicted octanol–water partition coefficient (Wildman–Crippen LogP) is 1.57. The molecule has 1 aromatic rings. The molecule has 0 radical (unpaired) electrons. The van der Waals surface area contributed by atoms with Crippen molar-refractivity contribution >= 4 is 17.6 Å². The molecule has 1 aliphatic rings. The van der Waals surface area contributed by atoms with Gasteiger partial charge in [0, 0.05) is 6.20 Å². The number of carboxylic acids is 1. The summed E-state index contributed by atoms with van der Waals surface area (Å²) < 4.78 is 0. The third-order valence-electron chi connectivity index (χ3n) is 3.76. The van der Waals surface area contributed by atoms with Crippen molar-refractivity contribution in [2.75, 3.05) is 11.4 Å². The molecule has 0 aliphatic carbocycles. The van der Waals surface area contributed by atoms with Crippen molar-refractivity contribution < 1.29 is 14.7 Å². The van der Waals surface area contributed by atoms with Crippen LogP contribution in [0.4, 0.5) is 5.69 Å². The van der Waals surface area contributed by atoms with E-state index in [-0.39, 0.29) is 12.5 Å². The Morgan fingerprint density at radius 2 is 2.11 bits per heavy atom. The molecule has 0 saturated carbocycles. The van der Waals surface area contributed by atoms with Crippen molar-refractivity contribution in [1.82, 2.24) is 4.98 Å². The second-order valence-electron chi connectivity index (χ2n) is 4.47. The highest BCUT2D eigenvalue weighted by Crippen LogP contribution is 2.45. The van der Waals surface area contributed by atoms with E-state index in [1.54, 1.807) is 12.4 Å². The fourth-order valence-electron chi connectivity index (χ4n) is 2.71. The van der Waals surface area contributed by atoms with Crippen LogP contribution in [0.15, 0.2) is 18.5 Å². The second kappa shape index (κ2) is 4.40. The van der Waals surface area contributed by atoms with E-state index >= 15 is 0 Å². The first kappa shape index (κ1) is 12.5. The molecule has 1 aliphatic heterocycles. The van der Waals surface area contributed by atoms with Crippen LogP contribution in [0.2, 0.25) is 0 Å². The lowest BCUT2D eigenvalue weighted by molar-refractivity contribution is -0.137. The van der Waals surface area contributed by atoms with E-state index in [0.29, 0.717) is 18.5 Å². The Bertz CT molecular complexity index is 495. The predicted molar refractivity (Wildman–Crippen MR) is 66.5 cm³/mol. The normalized spacial score (nSPS) is 16.8. The molecule has 0 saturated heterocycles. The minimum absolute atomic E-state index is 0.127. The lowest BCUT2D eigenvalue weighted by atomic mass is 9.77. The van der Waals surface area contributed by atoms with E-state index in [9.17, 15) is 9.59 Å². The molecule has 1 aromatic heterocycles. The van der Waals surface area contributed by atoms with Gasteiger partial charge in [0.2, 0.25) is 5.91 Å². The van der Waals surface area contributed by atoms with E-state index < -0.39 is 11.4 Å². The number of carbonyl (C=O) groups excluding carboxylic acids is 1. The van der Waals surface area contributed by atoms with Gasteiger partial charge in [-0.25, -0.2) is 0 Å². The molecule has 2 heterocycles. The maximum Gasteiger partial charge on any atom is 0.323 e. The lowest BCUT2D eigenvalue weighted by Crippen LogP contribution is -2.41. The number of rotatable bonds is 4. The molecular weight excluding hydrogens is 232 g/mol. The minimum atomic E-state index is -1.01. The number of carboxylic acid groups (broad SMARTS) is 1. The zero-order valence-electron chi connectivity index (χ0n) is 10.5. The minimum Gasteiger partial charge on any atom is -0.480 e. The van der Waals surface area contributed by atoms with Gasteiger partial charge in [-0.05, 0) is 24.5 Å². The molecule has 96 valence electrons. The zero-order chi connectivity index (χ0) is 13.3. The summed E-state index contributed by atoms with van der Waals surface area (Å²) in [7, 11) is 0. The number of hydrogen-bond acceptors (Lipinski definition) is 3. The van der Waals surface area contributed by atoms with Crippen molar-refractivity contribution in [2.45, 2.75) is 32.1 Å². The number of aliphatic carboxylic acids is 1. The molecule has 0 unspecified atom stereocenters. The lowest BCUT2D eigenvalue weighted by Gasteiger charge is -2.25. The monoisotopic (exact) mass is 248 g/mol. The van der Waals surface area contributed by atoms with Gasteiger partial charge in [-0.1, -0.05) is 13.8 Å². The average Bonchev–Trinajstić information content (AvgIpc) is 2.60. The Balaban J connectivity index is 2.56. The summed E-state index contributed by atoms with van der Waals surface area (Å²) in [6.07, 6.45) is 4.55. The van der Waals surface area contributed by atoms with Gasteiger partial charge >= 0.3 is 5.97 Å². The number of amides is 1. The SMILES string of the molecule is CCC1(CC)C(=O)N(CC(=O)O)c2cnccc21. The quantitative estimate of drug-likeness (QED) is 0.878. The van der Waals surface area contributed by atoms with Gasteiger partial charge in [-0.2, -0.15) is 0 Å². The van der Waals surface area contributed by atoms with Crippen molar-refractivity contribution in [2.24, 2.45) is 0 Å². The van der Waals surface area contributed by atoms with Crippen molar-refractivity contribution in [3.8, 4) is 0 Å².